The van der Waals surface area contributed by atoms with E-state index < -0.39 is 20.6 Å². The zero-order chi connectivity index (χ0) is 19.8. The molecule has 2 atom stereocenters. The maximum absolute atomic E-state index is 13.6. The topological polar surface area (TPSA) is 59.4 Å². The standard InChI is InChI=1S/C20H18Cl2N2O2S/c1-13-12-15(8-9-16(13)21)27(25,26)19(20(3)10-5-11-23-20)14(2)17-6-4-7-18(22)24-17/h4-12,19H,2H2,1,3H3. The molecule has 0 amide bonds. The minimum Gasteiger partial charge on any atom is -0.281 e. The van der Waals surface area contributed by atoms with Crippen LogP contribution in [0.25, 0.3) is 5.57 Å². The Morgan fingerprint density at radius 2 is 1.96 bits per heavy atom. The van der Waals surface area contributed by atoms with Crippen molar-refractivity contribution < 1.29 is 8.42 Å². The molecule has 0 spiro atoms. The van der Waals surface area contributed by atoms with Crippen molar-refractivity contribution in [2.75, 3.05) is 0 Å². The lowest BCUT2D eigenvalue weighted by Crippen LogP contribution is -2.41. The van der Waals surface area contributed by atoms with Crippen LogP contribution in [-0.4, -0.2) is 30.4 Å². The van der Waals surface area contributed by atoms with E-state index in [4.69, 9.17) is 23.2 Å². The van der Waals surface area contributed by atoms with Crippen molar-refractivity contribution >= 4 is 44.8 Å². The van der Waals surface area contributed by atoms with Gasteiger partial charge in [0.1, 0.15) is 10.4 Å². The fraction of sp³-hybridized carbons (Fsp3) is 0.200. The molecular formula is C20H18Cl2N2O2S. The van der Waals surface area contributed by atoms with Crippen molar-refractivity contribution in [3.63, 3.8) is 0 Å². The van der Waals surface area contributed by atoms with Gasteiger partial charge in [0.25, 0.3) is 0 Å². The summed E-state index contributed by atoms with van der Waals surface area (Å²) in [5.41, 5.74) is 0.418. The summed E-state index contributed by atoms with van der Waals surface area (Å²) in [6.07, 6.45) is 5.08. The molecule has 2 aromatic rings. The first-order valence-corrected chi connectivity index (χ1v) is 10.5. The number of rotatable bonds is 5. The zero-order valence-corrected chi connectivity index (χ0v) is 17.2. The molecule has 0 fully saturated rings. The lowest BCUT2D eigenvalue weighted by Gasteiger charge is -2.31. The number of halogens is 2. The Morgan fingerprint density at radius 1 is 1.22 bits per heavy atom. The van der Waals surface area contributed by atoms with E-state index in [2.05, 4.69) is 16.6 Å². The highest BCUT2D eigenvalue weighted by Crippen LogP contribution is 2.38. The van der Waals surface area contributed by atoms with Crippen LogP contribution in [0.1, 0.15) is 18.2 Å². The summed E-state index contributed by atoms with van der Waals surface area (Å²) in [5, 5.41) is -0.278. The van der Waals surface area contributed by atoms with Gasteiger partial charge in [0.15, 0.2) is 9.84 Å². The normalized spacial score (nSPS) is 20.0. The van der Waals surface area contributed by atoms with Gasteiger partial charge in [-0.2, -0.15) is 0 Å². The quantitative estimate of drug-likeness (QED) is 0.642. The second kappa shape index (κ2) is 7.23. The molecule has 0 saturated carbocycles. The number of pyridine rings is 1. The Hall–Kier alpha value is -1.95. The van der Waals surface area contributed by atoms with Gasteiger partial charge in [-0.1, -0.05) is 41.9 Å². The van der Waals surface area contributed by atoms with E-state index in [1.807, 2.05) is 0 Å². The van der Waals surface area contributed by atoms with Crippen molar-refractivity contribution in [1.29, 1.82) is 0 Å². The van der Waals surface area contributed by atoms with E-state index in [0.717, 1.165) is 0 Å². The fourth-order valence-corrected chi connectivity index (χ4v) is 5.56. The molecule has 1 aliphatic rings. The minimum absolute atomic E-state index is 0.161. The molecule has 0 saturated heterocycles. The maximum Gasteiger partial charge on any atom is 0.188 e. The van der Waals surface area contributed by atoms with E-state index in [0.29, 0.717) is 21.9 Å². The number of aryl methyl sites for hydroxylation is 1. The number of aliphatic imine (C=N–C) groups is 1. The fourth-order valence-electron chi connectivity index (χ4n) is 3.15. The van der Waals surface area contributed by atoms with Gasteiger partial charge in [-0.05, 0) is 61.4 Å². The second-order valence-electron chi connectivity index (χ2n) is 6.57. The molecule has 3 rings (SSSR count). The van der Waals surface area contributed by atoms with E-state index in [1.165, 1.54) is 6.07 Å². The van der Waals surface area contributed by atoms with E-state index in [1.54, 1.807) is 62.5 Å². The predicted molar refractivity (Wildman–Crippen MR) is 111 cm³/mol. The molecule has 0 radical (unpaired) electrons. The summed E-state index contributed by atoms with van der Waals surface area (Å²) < 4.78 is 27.2. The second-order valence-corrected chi connectivity index (χ2v) is 9.40. The van der Waals surface area contributed by atoms with Crippen LogP contribution >= 0.6 is 23.2 Å². The van der Waals surface area contributed by atoms with Crippen molar-refractivity contribution in [2.45, 2.75) is 29.5 Å². The SMILES string of the molecule is C=C(c1cccc(Cl)n1)C(C1(C)C=CC=N1)S(=O)(=O)c1ccc(Cl)c(C)c1. The average Bonchev–Trinajstić information content (AvgIpc) is 3.04. The van der Waals surface area contributed by atoms with Crippen LogP contribution < -0.4 is 0 Å². The number of benzene rings is 1. The molecule has 2 heterocycles. The summed E-state index contributed by atoms with van der Waals surface area (Å²) in [7, 11) is -3.85. The van der Waals surface area contributed by atoms with Gasteiger partial charge in [-0.25, -0.2) is 13.4 Å². The summed E-state index contributed by atoms with van der Waals surface area (Å²) in [6.45, 7) is 7.57. The van der Waals surface area contributed by atoms with Gasteiger partial charge in [0.05, 0.1) is 16.1 Å². The van der Waals surface area contributed by atoms with E-state index in [9.17, 15) is 8.42 Å². The van der Waals surface area contributed by atoms with Crippen LogP contribution in [0.15, 0.2) is 65.0 Å². The molecule has 2 unspecified atom stereocenters. The zero-order valence-electron chi connectivity index (χ0n) is 14.9. The van der Waals surface area contributed by atoms with Gasteiger partial charge < -0.3 is 0 Å². The number of allylic oxidation sites excluding steroid dienone is 1. The Balaban J connectivity index is 2.18. The van der Waals surface area contributed by atoms with Crippen molar-refractivity contribution in [2.24, 2.45) is 4.99 Å². The Bertz CT molecular complexity index is 1060. The lowest BCUT2D eigenvalue weighted by atomic mass is 9.92. The van der Waals surface area contributed by atoms with Gasteiger partial charge in [-0.15, -0.1) is 0 Å². The molecule has 1 aromatic heterocycles. The van der Waals surface area contributed by atoms with Crippen molar-refractivity contribution in [3.8, 4) is 0 Å². The summed E-state index contributed by atoms with van der Waals surface area (Å²) in [6, 6.07) is 9.67. The number of hydrogen-bond acceptors (Lipinski definition) is 4. The third-order valence-electron chi connectivity index (χ3n) is 4.53. The predicted octanol–water partition coefficient (Wildman–Crippen LogP) is 4.95. The highest BCUT2D eigenvalue weighted by atomic mass is 35.5. The third kappa shape index (κ3) is 3.72. The van der Waals surface area contributed by atoms with Crippen molar-refractivity contribution in [1.82, 2.24) is 4.98 Å². The number of sulfone groups is 1. The smallest absolute Gasteiger partial charge is 0.188 e. The van der Waals surface area contributed by atoms with Crippen LogP contribution in [0.3, 0.4) is 0 Å². The molecule has 27 heavy (non-hydrogen) atoms. The Labute approximate surface area is 169 Å². The Morgan fingerprint density at radius 3 is 2.56 bits per heavy atom. The summed E-state index contributed by atoms with van der Waals surface area (Å²) >= 11 is 12.1. The van der Waals surface area contributed by atoms with Crippen LogP contribution in [0.5, 0.6) is 0 Å². The van der Waals surface area contributed by atoms with Gasteiger partial charge >= 0.3 is 0 Å². The van der Waals surface area contributed by atoms with Crippen LogP contribution in [0.2, 0.25) is 10.2 Å². The van der Waals surface area contributed by atoms with Gasteiger partial charge in [0.2, 0.25) is 0 Å². The molecule has 0 aliphatic carbocycles. The van der Waals surface area contributed by atoms with Crippen LogP contribution in [0.4, 0.5) is 0 Å². The highest BCUT2D eigenvalue weighted by molar-refractivity contribution is 7.92. The van der Waals surface area contributed by atoms with Crippen molar-refractivity contribution in [3.05, 3.63) is 76.6 Å². The third-order valence-corrected chi connectivity index (χ3v) is 7.46. The van der Waals surface area contributed by atoms with E-state index >= 15 is 0 Å². The molecule has 7 heteroatoms. The molecule has 1 aliphatic heterocycles. The molecule has 0 N–H and O–H groups in total. The minimum atomic E-state index is -3.85. The first kappa shape index (κ1) is 19.8. The number of nitrogens with zero attached hydrogens (tertiary/aromatic N) is 2. The first-order chi connectivity index (χ1) is 12.6. The van der Waals surface area contributed by atoms with Gasteiger partial charge in [0, 0.05) is 11.2 Å². The first-order valence-electron chi connectivity index (χ1n) is 8.20. The number of aromatic nitrogens is 1. The molecular weight excluding hydrogens is 403 g/mol. The molecule has 1 aromatic carbocycles. The summed E-state index contributed by atoms with van der Waals surface area (Å²) in [5.74, 6) is 0. The molecule has 0 bridgehead atoms. The lowest BCUT2D eigenvalue weighted by molar-refractivity contribution is 0.550. The molecule has 4 nitrogen and oxygen atoms in total. The monoisotopic (exact) mass is 420 g/mol. The van der Waals surface area contributed by atoms with Crippen LogP contribution in [0, 0.1) is 6.92 Å². The highest BCUT2D eigenvalue weighted by Gasteiger charge is 2.45. The largest absolute Gasteiger partial charge is 0.281 e. The average molecular weight is 421 g/mol. The number of hydrogen-bond donors (Lipinski definition) is 0. The van der Waals surface area contributed by atoms with Crippen LogP contribution in [-0.2, 0) is 9.84 Å². The summed E-state index contributed by atoms with van der Waals surface area (Å²) in [4.78, 5) is 8.81. The van der Waals surface area contributed by atoms with E-state index in [-0.39, 0.29) is 10.0 Å². The molecule has 140 valence electrons. The van der Waals surface area contributed by atoms with Gasteiger partial charge in [-0.3, -0.25) is 4.99 Å². The Kier molecular flexibility index (Phi) is 5.30. The maximum atomic E-state index is 13.6.